The summed E-state index contributed by atoms with van der Waals surface area (Å²) in [5.41, 5.74) is 1.26. The lowest BCUT2D eigenvalue weighted by Gasteiger charge is -2.18. The topological polar surface area (TPSA) is 49.3 Å². The van der Waals surface area contributed by atoms with Crippen LogP contribution in [0.25, 0.3) is 0 Å². The van der Waals surface area contributed by atoms with Crippen LogP contribution in [-0.4, -0.2) is 24.0 Å². The van der Waals surface area contributed by atoms with Crippen LogP contribution >= 0.6 is 35.3 Å². The lowest BCUT2D eigenvalue weighted by Crippen LogP contribution is -2.38. The van der Waals surface area contributed by atoms with Crippen LogP contribution in [0, 0.1) is 0 Å². The van der Waals surface area contributed by atoms with Gasteiger partial charge in [0.25, 0.3) is 0 Å². The number of hydrogen-bond donors (Lipinski definition) is 2. The second-order valence-electron chi connectivity index (χ2n) is 5.36. The number of benzene rings is 1. The molecule has 0 radical (unpaired) electrons. The minimum atomic E-state index is 0. The van der Waals surface area contributed by atoms with Crippen LogP contribution in [0.4, 0.5) is 0 Å². The quantitative estimate of drug-likeness (QED) is 0.372. The zero-order valence-electron chi connectivity index (χ0n) is 14.6. The van der Waals surface area contributed by atoms with Gasteiger partial charge in [-0.25, -0.2) is 4.98 Å². The van der Waals surface area contributed by atoms with Gasteiger partial charge in [0.2, 0.25) is 0 Å². The fraction of sp³-hybridized carbons (Fsp3) is 0.444. The van der Waals surface area contributed by atoms with E-state index in [0.29, 0.717) is 0 Å². The van der Waals surface area contributed by atoms with Gasteiger partial charge in [-0.2, -0.15) is 0 Å². The summed E-state index contributed by atoms with van der Waals surface area (Å²) in [6.07, 6.45) is 3.92. The van der Waals surface area contributed by atoms with Crippen molar-refractivity contribution in [2.24, 2.45) is 4.99 Å². The molecule has 0 saturated carbocycles. The molecule has 2 aromatic rings. The molecule has 0 aliphatic rings. The monoisotopic (exact) mass is 458 g/mol. The van der Waals surface area contributed by atoms with Crippen molar-refractivity contribution in [1.82, 2.24) is 15.6 Å². The summed E-state index contributed by atoms with van der Waals surface area (Å²) in [5, 5.41) is 7.93. The van der Waals surface area contributed by atoms with Crippen molar-refractivity contribution in [2.45, 2.75) is 39.7 Å². The Hall–Kier alpha value is -1.15. The summed E-state index contributed by atoms with van der Waals surface area (Å²) >= 11 is 1.79. The number of aliphatic imine (C=N–C) groups is 1. The Morgan fingerprint density at radius 2 is 2.00 bits per heavy atom. The highest BCUT2D eigenvalue weighted by molar-refractivity contribution is 14.0. The Morgan fingerprint density at radius 3 is 2.62 bits per heavy atom. The molecule has 2 rings (SSSR count). The van der Waals surface area contributed by atoms with Crippen molar-refractivity contribution in [3.8, 4) is 0 Å². The number of halogens is 1. The minimum Gasteiger partial charge on any atom is -0.357 e. The Bertz CT molecular complexity index is 612. The van der Waals surface area contributed by atoms with E-state index in [1.165, 1.54) is 10.4 Å². The molecule has 1 unspecified atom stereocenters. The second-order valence-corrected chi connectivity index (χ2v) is 6.56. The van der Waals surface area contributed by atoms with Crippen LogP contribution in [0.3, 0.4) is 0 Å². The molecular weight excluding hydrogens is 431 g/mol. The molecule has 2 N–H and O–H groups in total. The number of guanidine groups is 1. The first-order valence-electron chi connectivity index (χ1n) is 8.26. The first-order chi connectivity index (χ1) is 11.2. The predicted octanol–water partition coefficient (Wildman–Crippen LogP) is 4.18. The van der Waals surface area contributed by atoms with Crippen LogP contribution in [0.1, 0.15) is 42.3 Å². The molecule has 6 heteroatoms. The number of rotatable bonds is 7. The summed E-state index contributed by atoms with van der Waals surface area (Å²) in [7, 11) is 0. The third kappa shape index (κ3) is 6.76. The summed E-state index contributed by atoms with van der Waals surface area (Å²) in [6, 6.07) is 10.6. The van der Waals surface area contributed by atoms with E-state index in [0.717, 1.165) is 36.9 Å². The molecule has 0 fully saturated rings. The molecule has 0 amide bonds. The fourth-order valence-corrected chi connectivity index (χ4v) is 3.09. The van der Waals surface area contributed by atoms with E-state index in [1.54, 1.807) is 11.3 Å². The van der Waals surface area contributed by atoms with Crippen LogP contribution < -0.4 is 10.6 Å². The second kappa shape index (κ2) is 11.4. The van der Waals surface area contributed by atoms with Crippen LogP contribution in [0.2, 0.25) is 0 Å². The van der Waals surface area contributed by atoms with Crippen molar-refractivity contribution in [2.75, 3.05) is 13.1 Å². The summed E-state index contributed by atoms with van der Waals surface area (Å²) in [4.78, 5) is 10.5. The minimum absolute atomic E-state index is 0. The molecule has 1 aromatic heterocycles. The summed E-state index contributed by atoms with van der Waals surface area (Å²) in [6.45, 7) is 7.99. The van der Waals surface area contributed by atoms with Crippen LogP contribution in [0.15, 0.2) is 41.5 Å². The molecule has 1 aromatic carbocycles. The van der Waals surface area contributed by atoms with Gasteiger partial charge in [-0.3, -0.25) is 4.99 Å². The molecule has 132 valence electrons. The Balaban J connectivity index is 0.00000288. The molecule has 0 aliphatic carbocycles. The highest BCUT2D eigenvalue weighted by Crippen LogP contribution is 2.14. The first-order valence-corrected chi connectivity index (χ1v) is 9.08. The number of nitrogens with zero attached hydrogens (tertiary/aromatic N) is 2. The summed E-state index contributed by atoms with van der Waals surface area (Å²) in [5.74, 6) is 0.858. The Kier molecular flexibility index (Phi) is 9.94. The number of nitrogens with one attached hydrogen (secondary N) is 2. The maximum absolute atomic E-state index is 4.67. The highest BCUT2D eigenvalue weighted by atomic mass is 127. The van der Waals surface area contributed by atoms with Gasteiger partial charge >= 0.3 is 0 Å². The molecule has 4 nitrogen and oxygen atoms in total. The third-order valence-electron chi connectivity index (χ3n) is 3.54. The number of hydrogen-bond acceptors (Lipinski definition) is 3. The van der Waals surface area contributed by atoms with Crippen molar-refractivity contribution in [3.63, 3.8) is 0 Å². The smallest absolute Gasteiger partial charge is 0.191 e. The van der Waals surface area contributed by atoms with Gasteiger partial charge in [0, 0.05) is 30.6 Å². The van der Waals surface area contributed by atoms with Crippen molar-refractivity contribution in [3.05, 3.63) is 52.0 Å². The predicted molar refractivity (Wildman–Crippen MR) is 115 cm³/mol. The van der Waals surface area contributed by atoms with Gasteiger partial charge in [-0.05, 0) is 25.8 Å². The maximum atomic E-state index is 4.67. The molecule has 0 bridgehead atoms. The van der Waals surface area contributed by atoms with Gasteiger partial charge in [0.05, 0.1) is 11.0 Å². The fourth-order valence-electron chi connectivity index (χ4n) is 2.24. The van der Waals surface area contributed by atoms with Gasteiger partial charge in [-0.1, -0.05) is 37.3 Å². The summed E-state index contributed by atoms with van der Waals surface area (Å²) < 4.78 is 0. The number of thiazole rings is 1. The molecule has 0 aliphatic heterocycles. The van der Waals surface area contributed by atoms with E-state index in [9.17, 15) is 0 Å². The molecule has 1 atom stereocenters. The van der Waals surface area contributed by atoms with E-state index in [-0.39, 0.29) is 30.0 Å². The third-order valence-corrected chi connectivity index (χ3v) is 4.74. The number of aryl methyl sites for hydroxylation is 1. The maximum Gasteiger partial charge on any atom is 0.191 e. The van der Waals surface area contributed by atoms with Crippen molar-refractivity contribution >= 4 is 41.3 Å². The van der Waals surface area contributed by atoms with E-state index in [4.69, 9.17) is 0 Å². The normalized spacial score (nSPS) is 12.4. The number of aromatic nitrogens is 1. The molecule has 0 spiro atoms. The molecule has 1 heterocycles. The van der Waals surface area contributed by atoms with Crippen molar-refractivity contribution < 1.29 is 0 Å². The average Bonchev–Trinajstić information content (AvgIpc) is 3.04. The first kappa shape index (κ1) is 20.9. The van der Waals surface area contributed by atoms with Gasteiger partial charge < -0.3 is 10.6 Å². The lowest BCUT2D eigenvalue weighted by atomic mass is 10.1. The zero-order chi connectivity index (χ0) is 16.5. The van der Waals surface area contributed by atoms with Gasteiger partial charge in [0.1, 0.15) is 0 Å². The van der Waals surface area contributed by atoms with Crippen molar-refractivity contribution in [1.29, 1.82) is 0 Å². The van der Waals surface area contributed by atoms with Crippen LogP contribution in [0.5, 0.6) is 0 Å². The SMILES string of the molecule is CCNC(=NCCc1ncc(CC)s1)NC(C)c1ccccc1.I. The van der Waals surface area contributed by atoms with Gasteiger partial charge in [-0.15, -0.1) is 35.3 Å². The van der Waals surface area contributed by atoms with E-state index in [2.05, 4.69) is 65.6 Å². The Labute approximate surface area is 166 Å². The molecular formula is C18H27IN4S. The van der Waals surface area contributed by atoms with E-state index in [1.807, 2.05) is 12.3 Å². The zero-order valence-corrected chi connectivity index (χ0v) is 17.7. The largest absolute Gasteiger partial charge is 0.357 e. The van der Waals surface area contributed by atoms with E-state index < -0.39 is 0 Å². The van der Waals surface area contributed by atoms with E-state index >= 15 is 0 Å². The average molecular weight is 458 g/mol. The highest BCUT2D eigenvalue weighted by Gasteiger charge is 2.07. The van der Waals surface area contributed by atoms with Gasteiger partial charge in [0.15, 0.2) is 5.96 Å². The standard InChI is InChI=1S/C18H26N4S.HI/c1-4-16-13-21-17(23-16)11-12-20-18(19-5-2)22-14(3)15-9-7-6-8-10-15;/h6-10,13-14H,4-5,11-12H2,1-3H3,(H2,19,20,22);1H. The Morgan fingerprint density at radius 1 is 1.25 bits per heavy atom. The molecule has 0 saturated heterocycles. The molecule has 24 heavy (non-hydrogen) atoms. The lowest BCUT2D eigenvalue weighted by molar-refractivity contribution is 0.686. The van der Waals surface area contributed by atoms with Crippen LogP contribution in [-0.2, 0) is 12.8 Å².